The van der Waals surface area contributed by atoms with Gasteiger partial charge in [-0.2, -0.15) is 0 Å². The average Bonchev–Trinajstić information content (AvgIpc) is 2.64. The maximum absolute atomic E-state index is 12.3. The first kappa shape index (κ1) is 21.8. The fraction of sp³-hybridized carbons (Fsp3) is 0.579. The van der Waals surface area contributed by atoms with Gasteiger partial charge >= 0.3 is 0 Å². The molecule has 2 N–H and O–H groups in total. The number of aryl methyl sites for hydroxylation is 1. The molecule has 1 aliphatic rings. The molecule has 2 rings (SSSR count). The third kappa shape index (κ3) is 6.58. The van der Waals surface area contributed by atoms with Crippen LogP contribution in [0.3, 0.4) is 0 Å². The molecule has 0 saturated carbocycles. The van der Waals surface area contributed by atoms with Gasteiger partial charge in [0, 0.05) is 50.0 Å². The van der Waals surface area contributed by atoms with E-state index in [0.29, 0.717) is 30.9 Å². The van der Waals surface area contributed by atoms with E-state index in [-0.39, 0.29) is 30.1 Å². The van der Waals surface area contributed by atoms with Gasteiger partial charge in [-0.15, -0.1) is 0 Å². The van der Waals surface area contributed by atoms with Crippen molar-refractivity contribution >= 4 is 23.2 Å². The molecule has 0 radical (unpaired) electrons. The minimum absolute atomic E-state index is 0.00369. The molecule has 0 bridgehead atoms. The summed E-state index contributed by atoms with van der Waals surface area (Å²) in [7, 11) is 0. The fourth-order valence-electron chi connectivity index (χ4n) is 3.03. The second kappa shape index (κ2) is 10.1. The predicted molar refractivity (Wildman–Crippen MR) is 107 cm³/mol. The van der Waals surface area contributed by atoms with E-state index in [2.05, 4.69) is 15.5 Å². The van der Waals surface area contributed by atoms with Crippen molar-refractivity contribution in [2.45, 2.75) is 33.2 Å². The van der Waals surface area contributed by atoms with E-state index in [1.54, 1.807) is 13.0 Å². The Kier molecular flexibility index (Phi) is 7.89. The standard InChI is InChI=1S/C19H29N5O4/c1-4-15(3)20-18(25)12-22-7-9-23(10-8-22)13-19(26)21-17-6-5-16(24(27)28)11-14(17)2/h5-6,11,15H,4,7-10,12-13H2,1-3H3,(H,20,25)(H,21,26). The lowest BCUT2D eigenvalue weighted by atomic mass is 10.2. The lowest BCUT2D eigenvalue weighted by Crippen LogP contribution is -2.51. The van der Waals surface area contributed by atoms with Gasteiger partial charge in [0.2, 0.25) is 11.8 Å². The highest BCUT2D eigenvalue weighted by Gasteiger charge is 2.21. The molecule has 1 aromatic rings. The van der Waals surface area contributed by atoms with E-state index >= 15 is 0 Å². The molecule has 9 heteroatoms. The number of benzene rings is 1. The van der Waals surface area contributed by atoms with Crippen LogP contribution in [0.2, 0.25) is 0 Å². The van der Waals surface area contributed by atoms with E-state index in [4.69, 9.17) is 0 Å². The summed E-state index contributed by atoms with van der Waals surface area (Å²) in [4.78, 5) is 38.7. The van der Waals surface area contributed by atoms with Gasteiger partial charge in [-0.3, -0.25) is 29.5 Å². The van der Waals surface area contributed by atoms with Crippen LogP contribution in [0.5, 0.6) is 0 Å². The molecule has 0 spiro atoms. The number of hydrogen-bond donors (Lipinski definition) is 2. The fourth-order valence-corrected chi connectivity index (χ4v) is 3.03. The number of carbonyl (C=O) groups is 2. The summed E-state index contributed by atoms with van der Waals surface area (Å²) in [6.45, 7) is 9.28. The number of hydrogen-bond acceptors (Lipinski definition) is 6. The SMILES string of the molecule is CCC(C)NC(=O)CN1CCN(CC(=O)Nc2ccc([N+](=O)[O-])cc2C)CC1. The van der Waals surface area contributed by atoms with E-state index in [0.717, 1.165) is 19.5 Å². The van der Waals surface area contributed by atoms with Gasteiger partial charge < -0.3 is 10.6 Å². The second-order valence-corrected chi connectivity index (χ2v) is 7.23. The van der Waals surface area contributed by atoms with Crippen LogP contribution in [0.15, 0.2) is 18.2 Å². The number of nitro benzene ring substituents is 1. The zero-order chi connectivity index (χ0) is 20.7. The molecule has 1 atom stereocenters. The van der Waals surface area contributed by atoms with Crippen molar-refractivity contribution in [3.8, 4) is 0 Å². The predicted octanol–water partition coefficient (Wildman–Crippen LogP) is 1.37. The summed E-state index contributed by atoms with van der Waals surface area (Å²) in [6, 6.07) is 4.56. The van der Waals surface area contributed by atoms with Crippen LogP contribution in [-0.4, -0.2) is 71.8 Å². The number of non-ortho nitro benzene ring substituents is 1. The molecule has 9 nitrogen and oxygen atoms in total. The second-order valence-electron chi connectivity index (χ2n) is 7.23. The average molecular weight is 391 g/mol. The van der Waals surface area contributed by atoms with Crippen molar-refractivity contribution in [1.82, 2.24) is 15.1 Å². The number of carbonyl (C=O) groups excluding carboxylic acids is 2. The van der Waals surface area contributed by atoms with Gasteiger partial charge in [0.1, 0.15) is 0 Å². The highest BCUT2D eigenvalue weighted by atomic mass is 16.6. The number of piperazine rings is 1. The van der Waals surface area contributed by atoms with Crippen LogP contribution in [0.4, 0.5) is 11.4 Å². The topological polar surface area (TPSA) is 108 Å². The molecule has 2 amide bonds. The highest BCUT2D eigenvalue weighted by Crippen LogP contribution is 2.21. The van der Waals surface area contributed by atoms with E-state index in [9.17, 15) is 19.7 Å². The molecule has 1 unspecified atom stereocenters. The Morgan fingerprint density at radius 1 is 1.14 bits per heavy atom. The van der Waals surface area contributed by atoms with Crippen LogP contribution in [0, 0.1) is 17.0 Å². The zero-order valence-corrected chi connectivity index (χ0v) is 16.7. The summed E-state index contributed by atoms with van der Waals surface area (Å²) in [5.74, 6) is -0.117. The van der Waals surface area contributed by atoms with Crippen molar-refractivity contribution < 1.29 is 14.5 Å². The quantitative estimate of drug-likeness (QED) is 0.512. The first-order chi connectivity index (χ1) is 13.3. The summed E-state index contributed by atoms with van der Waals surface area (Å²) in [5.41, 5.74) is 1.24. The molecule has 28 heavy (non-hydrogen) atoms. The maximum Gasteiger partial charge on any atom is 0.269 e. The van der Waals surface area contributed by atoms with Crippen LogP contribution in [-0.2, 0) is 9.59 Å². The van der Waals surface area contributed by atoms with Crippen molar-refractivity contribution in [3.63, 3.8) is 0 Å². The van der Waals surface area contributed by atoms with Gasteiger partial charge in [-0.05, 0) is 31.9 Å². The molecule has 154 valence electrons. The smallest absolute Gasteiger partial charge is 0.269 e. The molecule has 1 aliphatic heterocycles. The first-order valence-corrected chi connectivity index (χ1v) is 9.57. The van der Waals surface area contributed by atoms with Crippen molar-refractivity contribution in [2.24, 2.45) is 0 Å². The molecular weight excluding hydrogens is 362 g/mol. The normalized spacial score (nSPS) is 16.4. The molecule has 1 heterocycles. The molecule has 0 aromatic heterocycles. The Balaban J connectivity index is 1.76. The Morgan fingerprint density at radius 2 is 1.71 bits per heavy atom. The Hall–Kier alpha value is -2.52. The minimum Gasteiger partial charge on any atom is -0.353 e. The maximum atomic E-state index is 12.3. The van der Waals surface area contributed by atoms with Gasteiger partial charge in [0.25, 0.3) is 5.69 Å². The lowest BCUT2D eigenvalue weighted by molar-refractivity contribution is -0.384. The Morgan fingerprint density at radius 3 is 2.21 bits per heavy atom. The van der Waals surface area contributed by atoms with Gasteiger partial charge in [-0.1, -0.05) is 6.92 Å². The number of rotatable bonds is 8. The molecule has 1 fully saturated rings. The number of nitro groups is 1. The number of nitrogens with one attached hydrogen (secondary N) is 2. The summed E-state index contributed by atoms with van der Waals surface area (Å²) < 4.78 is 0. The zero-order valence-electron chi connectivity index (χ0n) is 16.7. The molecule has 1 saturated heterocycles. The first-order valence-electron chi connectivity index (χ1n) is 9.57. The third-order valence-electron chi connectivity index (χ3n) is 4.91. The van der Waals surface area contributed by atoms with Crippen molar-refractivity contribution in [3.05, 3.63) is 33.9 Å². The van der Waals surface area contributed by atoms with Crippen LogP contribution >= 0.6 is 0 Å². The Labute approximate surface area is 165 Å². The highest BCUT2D eigenvalue weighted by molar-refractivity contribution is 5.93. The minimum atomic E-state index is -0.457. The monoisotopic (exact) mass is 391 g/mol. The summed E-state index contributed by atoms with van der Waals surface area (Å²) >= 11 is 0. The molecule has 0 aliphatic carbocycles. The van der Waals surface area contributed by atoms with Crippen molar-refractivity contribution in [2.75, 3.05) is 44.6 Å². The lowest BCUT2D eigenvalue weighted by Gasteiger charge is -2.34. The van der Waals surface area contributed by atoms with E-state index in [1.807, 2.05) is 18.7 Å². The number of anilines is 1. The van der Waals surface area contributed by atoms with Crippen molar-refractivity contribution in [1.29, 1.82) is 0 Å². The van der Waals surface area contributed by atoms with Gasteiger partial charge in [0.15, 0.2) is 0 Å². The summed E-state index contributed by atoms with van der Waals surface area (Å²) in [5, 5.41) is 16.6. The van der Waals surface area contributed by atoms with Crippen LogP contribution in [0.25, 0.3) is 0 Å². The van der Waals surface area contributed by atoms with E-state index in [1.165, 1.54) is 12.1 Å². The summed E-state index contributed by atoms with van der Waals surface area (Å²) in [6.07, 6.45) is 0.906. The van der Waals surface area contributed by atoms with Gasteiger partial charge in [0.05, 0.1) is 18.0 Å². The van der Waals surface area contributed by atoms with Gasteiger partial charge in [-0.25, -0.2) is 0 Å². The number of amides is 2. The third-order valence-corrected chi connectivity index (χ3v) is 4.91. The molecular formula is C19H29N5O4. The van der Waals surface area contributed by atoms with E-state index < -0.39 is 4.92 Å². The largest absolute Gasteiger partial charge is 0.353 e. The van der Waals surface area contributed by atoms with Crippen LogP contribution < -0.4 is 10.6 Å². The number of nitrogens with zero attached hydrogens (tertiary/aromatic N) is 3. The molecule has 1 aromatic carbocycles. The van der Waals surface area contributed by atoms with Crippen LogP contribution in [0.1, 0.15) is 25.8 Å². The Bertz CT molecular complexity index is 716.